The lowest BCUT2D eigenvalue weighted by Gasteiger charge is -2.30. The number of benzene rings is 1. The Morgan fingerprint density at radius 1 is 1.38 bits per heavy atom. The summed E-state index contributed by atoms with van der Waals surface area (Å²) in [6.07, 6.45) is 1.18. The number of alkyl halides is 1. The highest BCUT2D eigenvalue weighted by molar-refractivity contribution is 9.10. The molecule has 0 amide bonds. The minimum atomic E-state index is -1.06. The molecule has 16 heavy (non-hydrogen) atoms. The second kappa shape index (κ2) is 5.15. The number of hydrogen-bond donors (Lipinski definition) is 2. The fourth-order valence-corrected chi connectivity index (χ4v) is 2.31. The maximum absolute atomic E-state index is 14.2. The molecule has 1 aliphatic rings. The molecule has 0 aliphatic carbocycles. The largest absolute Gasteiger partial charge is 0.382 e. The molecule has 0 saturated carbocycles. The van der Waals surface area contributed by atoms with Crippen LogP contribution in [0.4, 0.5) is 10.1 Å². The van der Waals surface area contributed by atoms with Crippen LogP contribution in [0.15, 0.2) is 28.7 Å². The fraction of sp³-hybridized carbons (Fsp3) is 0.500. The molecule has 0 unspecified atom stereocenters. The Kier molecular flexibility index (Phi) is 3.82. The number of rotatable bonds is 3. The van der Waals surface area contributed by atoms with Crippen LogP contribution in [0, 0.1) is 0 Å². The van der Waals surface area contributed by atoms with E-state index in [9.17, 15) is 4.39 Å². The first-order valence-electron chi connectivity index (χ1n) is 5.57. The topological polar surface area (TPSA) is 24.1 Å². The van der Waals surface area contributed by atoms with Crippen LogP contribution in [0.1, 0.15) is 12.8 Å². The summed E-state index contributed by atoms with van der Waals surface area (Å²) in [6, 6.07) is 7.82. The molecule has 1 heterocycles. The van der Waals surface area contributed by atoms with Crippen molar-refractivity contribution < 1.29 is 4.39 Å². The summed E-state index contributed by atoms with van der Waals surface area (Å²) in [7, 11) is 0. The Hall–Kier alpha value is -0.610. The van der Waals surface area contributed by atoms with Crippen molar-refractivity contribution in [1.82, 2.24) is 5.32 Å². The average molecular weight is 287 g/mol. The van der Waals surface area contributed by atoms with Crippen molar-refractivity contribution in [3.63, 3.8) is 0 Å². The van der Waals surface area contributed by atoms with Crippen molar-refractivity contribution >= 4 is 21.6 Å². The third-order valence-electron chi connectivity index (χ3n) is 2.93. The standard InChI is InChI=1S/C12H16BrFN2/c13-10-2-1-3-11(8-10)16-9-12(14)4-6-15-7-5-12/h1-3,8,15-16H,4-7,9H2. The fourth-order valence-electron chi connectivity index (χ4n) is 1.91. The molecule has 0 bridgehead atoms. The number of hydrogen-bond acceptors (Lipinski definition) is 2. The van der Waals surface area contributed by atoms with Gasteiger partial charge in [0, 0.05) is 16.7 Å². The van der Waals surface area contributed by atoms with Crippen molar-refractivity contribution in [2.45, 2.75) is 18.5 Å². The smallest absolute Gasteiger partial charge is 0.130 e. The van der Waals surface area contributed by atoms with Gasteiger partial charge in [-0.15, -0.1) is 0 Å². The molecular formula is C12H16BrFN2. The van der Waals surface area contributed by atoms with Crippen molar-refractivity contribution in [2.75, 3.05) is 25.0 Å². The summed E-state index contributed by atoms with van der Waals surface area (Å²) < 4.78 is 15.3. The average Bonchev–Trinajstić information content (AvgIpc) is 2.28. The molecule has 2 N–H and O–H groups in total. The van der Waals surface area contributed by atoms with Gasteiger partial charge in [-0.25, -0.2) is 4.39 Å². The molecule has 88 valence electrons. The van der Waals surface area contributed by atoms with E-state index in [2.05, 4.69) is 26.6 Å². The second-order valence-corrected chi connectivity index (χ2v) is 5.18. The third-order valence-corrected chi connectivity index (χ3v) is 3.43. The molecule has 1 aromatic rings. The van der Waals surface area contributed by atoms with Crippen molar-refractivity contribution in [1.29, 1.82) is 0 Å². The van der Waals surface area contributed by atoms with E-state index in [1.807, 2.05) is 24.3 Å². The lowest BCUT2D eigenvalue weighted by Crippen LogP contribution is -2.43. The van der Waals surface area contributed by atoms with Crippen LogP contribution in [0.5, 0.6) is 0 Å². The molecule has 2 nitrogen and oxygen atoms in total. The van der Waals surface area contributed by atoms with Crippen molar-refractivity contribution in [3.05, 3.63) is 28.7 Å². The van der Waals surface area contributed by atoms with Crippen LogP contribution in [0.2, 0.25) is 0 Å². The minimum absolute atomic E-state index is 0.394. The number of nitrogens with one attached hydrogen (secondary N) is 2. The first-order chi connectivity index (χ1) is 7.68. The predicted molar refractivity (Wildman–Crippen MR) is 68.6 cm³/mol. The molecular weight excluding hydrogens is 271 g/mol. The van der Waals surface area contributed by atoms with Gasteiger partial charge in [-0.05, 0) is 44.1 Å². The quantitative estimate of drug-likeness (QED) is 0.893. The maximum atomic E-state index is 14.2. The van der Waals surface area contributed by atoms with Gasteiger partial charge in [-0.2, -0.15) is 0 Å². The summed E-state index contributed by atoms with van der Waals surface area (Å²) in [5.41, 5.74) is -0.0990. The van der Waals surface area contributed by atoms with Crippen LogP contribution < -0.4 is 10.6 Å². The second-order valence-electron chi connectivity index (χ2n) is 4.26. The Bertz CT molecular complexity index is 351. The van der Waals surface area contributed by atoms with Gasteiger partial charge in [-0.3, -0.25) is 0 Å². The van der Waals surface area contributed by atoms with Crippen LogP contribution in [0.25, 0.3) is 0 Å². The molecule has 0 radical (unpaired) electrons. The van der Waals surface area contributed by atoms with Crippen LogP contribution >= 0.6 is 15.9 Å². The molecule has 2 rings (SSSR count). The van der Waals surface area contributed by atoms with Gasteiger partial charge in [0.25, 0.3) is 0 Å². The lowest BCUT2D eigenvalue weighted by atomic mass is 9.94. The zero-order valence-corrected chi connectivity index (χ0v) is 10.7. The highest BCUT2D eigenvalue weighted by Gasteiger charge is 2.31. The molecule has 0 spiro atoms. The highest BCUT2D eigenvalue weighted by Crippen LogP contribution is 2.24. The Labute approximate surface area is 104 Å². The zero-order valence-electron chi connectivity index (χ0n) is 9.10. The summed E-state index contributed by atoms with van der Waals surface area (Å²) in [5, 5.41) is 6.33. The molecule has 0 atom stereocenters. The van der Waals surface area contributed by atoms with Gasteiger partial charge in [0.05, 0.1) is 0 Å². The van der Waals surface area contributed by atoms with Gasteiger partial charge in [0.1, 0.15) is 5.67 Å². The van der Waals surface area contributed by atoms with E-state index in [1.54, 1.807) is 0 Å². The van der Waals surface area contributed by atoms with Crippen LogP contribution in [-0.4, -0.2) is 25.3 Å². The van der Waals surface area contributed by atoms with Crippen LogP contribution in [0.3, 0.4) is 0 Å². The molecule has 0 aromatic heterocycles. The zero-order chi connectivity index (χ0) is 11.4. The SMILES string of the molecule is FC1(CNc2cccc(Br)c2)CCNCC1. The van der Waals surface area contributed by atoms with Gasteiger partial charge in [0.2, 0.25) is 0 Å². The van der Waals surface area contributed by atoms with Gasteiger partial charge >= 0.3 is 0 Å². The highest BCUT2D eigenvalue weighted by atomic mass is 79.9. The first-order valence-corrected chi connectivity index (χ1v) is 6.36. The molecule has 1 aromatic carbocycles. The van der Waals surface area contributed by atoms with E-state index >= 15 is 0 Å². The summed E-state index contributed by atoms with van der Waals surface area (Å²) in [4.78, 5) is 0. The van der Waals surface area contributed by atoms with E-state index < -0.39 is 5.67 Å². The summed E-state index contributed by atoms with van der Waals surface area (Å²) in [5.74, 6) is 0. The summed E-state index contributed by atoms with van der Waals surface area (Å²) >= 11 is 3.40. The number of halogens is 2. The number of anilines is 1. The summed E-state index contributed by atoms with van der Waals surface area (Å²) in [6.45, 7) is 1.94. The molecule has 1 saturated heterocycles. The number of piperidine rings is 1. The Morgan fingerprint density at radius 2 is 2.12 bits per heavy atom. The normalized spacial score (nSPS) is 19.4. The monoisotopic (exact) mass is 286 g/mol. The van der Waals surface area contributed by atoms with E-state index in [0.717, 1.165) is 23.2 Å². The van der Waals surface area contributed by atoms with Crippen LogP contribution in [-0.2, 0) is 0 Å². The van der Waals surface area contributed by atoms with Gasteiger partial charge < -0.3 is 10.6 Å². The van der Waals surface area contributed by atoms with Gasteiger partial charge in [-0.1, -0.05) is 22.0 Å². The van der Waals surface area contributed by atoms with Gasteiger partial charge in [0.15, 0.2) is 0 Å². The lowest BCUT2D eigenvalue weighted by molar-refractivity contribution is 0.131. The Balaban J connectivity index is 1.91. The Morgan fingerprint density at radius 3 is 2.81 bits per heavy atom. The first kappa shape index (κ1) is 11.9. The van der Waals surface area contributed by atoms with E-state index in [4.69, 9.17) is 0 Å². The molecule has 4 heteroatoms. The van der Waals surface area contributed by atoms with E-state index in [-0.39, 0.29) is 0 Å². The van der Waals surface area contributed by atoms with Crippen molar-refractivity contribution in [3.8, 4) is 0 Å². The van der Waals surface area contributed by atoms with E-state index in [1.165, 1.54) is 0 Å². The minimum Gasteiger partial charge on any atom is -0.382 e. The molecule has 1 fully saturated rings. The van der Waals surface area contributed by atoms with Crippen molar-refractivity contribution in [2.24, 2.45) is 0 Å². The maximum Gasteiger partial charge on any atom is 0.130 e. The van der Waals surface area contributed by atoms with E-state index in [0.29, 0.717) is 19.4 Å². The molecule has 1 aliphatic heterocycles. The third kappa shape index (κ3) is 3.19. The predicted octanol–water partition coefficient (Wildman–Crippen LogP) is 2.95.